The number of benzene rings is 2. The Bertz CT molecular complexity index is 889. The van der Waals surface area contributed by atoms with Gasteiger partial charge in [0.15, 0.2) is 0 Å². The maximum Gasteiger partial charge on any atom is 0.244 e. The Balaban J connectivity index is 1.46. The zero-order valence-corrected chi connectivity index (χ0v) is 16.4. The van der Waals surface area contributed by atoms with Gasteiger partial charge >= 0.3 is 0 Å². The number of methoxy groups -OCH3 is 1. The molecule has 0 aliphatic carbocycles. The fourth-order valence-corrected chi connectivity index (χ4v) is 3.43. The van der Waals surface area contributed by atoms with Gasteiger partial charge in [-0.25, -0.2) is 4.39 Å². The number of rotatable bonds is 6. The van der Waals surface area contributed by atoms with Gasteiger partial charge in [0.2, 0.25) is 11.8 Å². The van der Waals surface area contributed by atoms with Crippen molar-refractivity contribution >= 4 is 17.9 Å². The van der Waals surface area contributed by atoms with Crippen LogP contribution in [0.1, 0.15) is 24.0 Å². The van der Waals surface area contributed by atoms with E-state index >= 15 is 0 Å². The van der Waals surface area contributed by atoms with E-state index in [1.807, 2.05) is 29.2 Å². The third kappa shape index (κ3) is 5.91. The lowest BCUT2D eigenvalue weighted by Crippen LogP contribution is -2.46. The summed E-state index contributed by atoms with van der Waals surface area (Å²) in [5.74, 6) is 0.226. The molecule has 2 aromatic rings. The molecule has 1 aliphatic rings. The first-order valence-corrected chi connectivity index (χ1v) is 9.69. The van der Waals surface area contributed by atoms with Crippen molar-refractivity contribution in [2.45, 2.75) is 25.3 Å². The molecule has 2 aromatic carbocycles. The number of piperidine rings is 1. The molecule has 0 aromatic heterocycles. The molecular weight excluding hydrogens is 371 g/mol. The van der Waals surface area contributed by atoms with Crippen molar-refractivity contribution in [3.63, 3.8) is 0 Å². The molecule has 3 rings (SSSR count). The molecule has 0 atom stereocenters. The van der Waals surface area contributed by atoms with Gasteiger partial charge in [-0.15, -0.1) is 0 Å². The highest BCUT2D eigenvalue weighted by atomic mass is 19.1. The standard InChI is InChI=1S/C23H25FN2O3/c1-29-21-8-3-2-6-18(21)16-23(28)26-13-11-20(12-14-26)25-22(27)10-9-17-5-4-7-19(24)15-17/h2-10,15,20H,11-14,16H2,1H3,(H,25,27)/b10-9+. The summed E-state index contributed by atoms with van der Waals surface area (Å²) in [5, 5.41) is 2.95. The van der Waals surface area contributed by atoms with Crippen LogP contribution in [0.2, 0.25) is 0 Å². The number of ether oxygens (including phenoxy) is 1. The van der Waals surface area contributed by atoms with E-state index in [1.165, 1.54) is 18.2 Å². The highest BCUT2D eigenvalue weighted by Gasteiger charge is 2.24. The lowest BCUT2D eigenvalue weighted by Gasteiger charge is -2.32. The number of carbonyl (C=O) groups excluding carboxylic acids is 2. The third-order valence-corrected chi connectivity index (χ3v) is 5.00. The van der Waals surface area contributed by atoms with Crippen LogP contribution < -0.4 is 10.1 Å². The van der Waals surface area contributed by atoms with Crippen molar-refractivity contribution in [3.8, 4) is 5.75 Å². The van der Waals surface area contributed by atoms with Gasteiger partial charge in [0, 0.05) is 30.8 Å². The van der Waals surface area contributed by atoms with Crippen molar-refractivity contribution in [1.82, 2.24) is 10.2 Å². The number of halogens is 1. The molecule has 0 spiro atoms. The van der Waals surface area contributed by atoms with Gasteiger partial charge in [-0.3, -0.25) is 9.59 Å². The Morgan fingerprint density at radius 2 is 1.93 bits per heavy atom. The summed E-state index contributed by atoms with van der Waals surface area (Å²) < 4.78 is 18.5. The quantitative estimate of drug-likeness (QED) is 0.763. The predicted octanol–water partition coefficient (Wildman–Crippen LogP) is 3.20. The van der Waals surface area contributed by atoms with Gasteiger partial charge in [0.1, 0.15) is 11.6 Å². The van der Waals surface area contributed by atoms with Gasteiger partial charge in [0.05, 0.1) is 13.5 Å². The van der Waals surface area contributed by atoms with Crippen molar-refractivity contribution in [1.29, 1.82) is 0 Å². The third-order valence-electron chi connectivity index (χ3n) is 5.00. The number of hydrogen-bond acceptors (Lipinski definition) is 3. The molecule has 1 N–H and O–H groups in total. The predicted molar refractivity (Wildman–Crippen MR) is 110 cm³/mol. The Morgan fingerprint density at radius 1 is 1.17 bits per heavy atom. The van der Waals surface area contributed by atoms with Crippen molar-refractivity contribution in [2.75, 3.05) is 20.2 Å². The molecule has 2 amide bonds. The van der Waals surface area contributed by atoms with Crippen molar-refractivity contribution in [3.05, 3.63) is 71.6 Å². The molecular formula is C23H25FN2O3. The first kappa shape index (κ1) is 20.6. The number of amides is 2. The van der Waals surface area contributed by atoms with E-state index < -0.39 is 0 Å². The maximum atomic E-state index is 13.2. The van der Waals surface area contributed by atoms with Crippen LogP contribution in [-0.2, 0) is 16.0 Å². The number of hydrogen-bond donors (Lipinski definition) is 1. The minimum absolute atomic E-state index is 0.0231. The summed E-state index contributed by atoms with van der Waals surface area (Å²) in [4.78, 5) is 26.5. The number of nitrogens with one attached hydrogen (secondary N) is 1. The number of carbonyl (C=O) groups is 2. The average molecular weight is 396 g/mol. The second kappa shape index (κ2) is 9.87. The zero-order valence-electron chi connectivity index (χ0n) is 16.4. The Hall–Kier alpha value is -3.15. The monoisotopic (exact) mass is 396 g/mol. The fourth-order valence-electron chi connectivity index (χ4n) is 3.43. The van der Waals surface area contributed by atoms with E-state index in [1.54, 1.807) is 25.3 Å². The highest BCUT2D eigenvalue weighted by molar-refractivity contribution is 5.91. The van der Waals surface area contributed by atoms with Crippen LogP contribution in [0, 0.1) is 5.82 Å². The van der Waals surface area contributed by atoms with E-state index in [4.69, 9.17) is 4.74 Å². The van der Waals surface area contributed by atoms with Crippen molar-refractivity contribution < 1.29 is 18.7 Å². The molecule has 1 aliphatic heterocycles. The number of para-hydroxylation sites is 1. The molecule has 152 valence electrons. The Morgan fingerprint density at radius 3 is 2.66 bits per heavy atom. The van der Waals surface area contributed by atoms with Gasteiger partial charge in [-0.1, -0.05) is 30.3 Å². The molecule has 1 heterocycles. The minimum Gasteiger partial charge on any atom is -0.496 e. The van der Waals surface area contributed by atoms with E-state index in [0.717, 1.165) is 5.56 Å². The van der Waals surface area contributed by atoms with Crippen LogP contribution in [0.15, 0.2) is 54.6 Å². The fraction of sp³-hybridized carbons (Fsp3) is 0.304. The van der Waals surface area contributed by atoms with Gasteiger partial charge in [-0.2, -0.15) is 0 Å². The number of nitrogens with zero attached hydrogens (tertiary/aromatic N) is 1. The van der Waals surface area contributed by atoms with Crippen LogP contribution in [0.5, 0.6) is 5.75 Å². The van der Waals surface area contributed by atoms with Gasteiger partial charge in [0.25, 0.3) is 0 Å². The SMILES string of the molecule is COc1ccccc1CC(=O)N1CCC(NC(=O)/C=C/c2cccc(F)c2)CC1. The van der Waals surface area contributed by atoms with Gasteiger partial charge < -0.3 is 15.0 Å². The summed E-state index contributed by atoms with van der Waals surface area (Å²) in [6.07, 6.45) is 4.71. The summed E-state index contributed by atoms with van der Waals surface area (Å²) >= 11 is 0. The molecule has 29 heavy (non-hydrogen) atoms. The number of likely N-dealkylation sites (tertiary alicyclic amines) is 1. The van der Waals surface area contributed by atoms with Crippen LogP contribution in [0.25, 0.3) is 6.08 Å². The van der Waals surface area contributed by atoms with E-state index in [9.17, 15) is 14.0 Å². The lowest BCUT2D eigenvalue weighted by atomic mass is 10.0. The summed E-state index contributed by atoms with van der Waals surface area (Å²) in [5.41, 5.74) is 1.51. The molecule has 1 fully saturated rings. The molecule has 6 heteroatoms. The topological polar surface area (TPSA) is 58.6 Å². The van der Waals surface area contributed by atoms with Crippen molar-refractivity contribution in [2.24, 2.45) is 0 Å². The molecule has 5 nitrogen and oxygen atoms in total. The Kier molecular flexibility index (Phi) is 7.00. The first-order valence-electron chi connectivity index (χ1n) is 9.69. The van der Waals surface area contributed by atoms with Crippen LogP contribution in [0.3, 0.4) is 0 Å². The van der Waals surface area contributed by atoms with E-state index in [-0.39, 0.29) is 23.7 Å². The molecule has 0 saturated carbocycles. The smallest absolute Gasteiger partial charge is 0.244 e. The summed E-state index contributed by atoms with van der Waals surface area (Å²) in [7, 11) is 1.60. The van der Waals surface area contributed by atoms with Gasteiger partial charge in [-0.05, 0) is 42.7 Å². The summed E-state index contributed by atoms with van der Waals surface area (Å²) in [6, 6.07) is 13.6. The summed E-state index contributed by atoms with van der Waals surface area (Å²) in [6.45, 7) is 1.21. The lowest BCUT2D eigenvalue weighted by molar-refractivity contribution is -0.131. The normalized spacial score (nSPS) is 14.8. The van der Waals surface area contributed by atoms with E-state index in [2.05, 4.69) is 5.32 Å². The zero-order chi connectivity index (χ0) is 20.6. The maximum absolute atomic E-state index is 13.2. The molecule has 0 bridgehead atoms. The molecule has 0 unspecified atom stereocenters. The molecule has 0 radical (unpaired) electrons. The van der Waals surface area contributed by atoms with Crippen LogP contribution in [0.4, 0.5) is 4.39 Å². The van der Waals surface area contributed by atoms with E-state index in [0.29, 0.717) is 43.7 Å². The Labute approximate surface area is 170 Å². The second-order valence-electron chi connectivity index (χ2n) is 7.04. The first-order chi connectivity index (χ1) is 14.0. The second-order valence-corrected chi connectivity index (χ2v) is 7.04. The van der Waals surface area contributed by atoms with Crippen LogP contribution >= 0.6 is 0 Å². The highest BCUT2D eigenvalue weighted by Crippen LogP contribution is 2.20. The van der Waals surface area contributed by atoms with Crippen LogP contribution in [-0.4, -0.2) is 43.0 Å². The average Bonchev–Trinajstić information content (AvgIpc) is 2.73. The molecule has 1 saturated heterocycles. The minimum atomic E-state index is -0.335. The largest absolute Gasteiger partial charge is 0.496 e.